The SMILES string of the molecule is Cc1cc(C)c2nc(N(CCCn3ccnc3)C(=O)CSc3ccc(F)cc3)sc2c1. The molecule has 31 heavy (non-hydrogen) atoms. The van der Waals surface area contributed by atoms with Gasteiger partial charge in [0.2, 0.25) is 5.91 Å². The minimum atomic E-state index is -0.281. The number of hydrogen-bond acceptors (Lipinski definition) is 5. The molecule has 0 radical (unpaired) electrons. The van der Waals surface area contributed by atoms with Crippen molar-refractivity contribution in [3.8, 4) is 0 Å². The molecule has 0 bridgehead atoms. The molecule has 2 aromatic heterocycles. The summed E-state index contributed by atoms with van der Waals surface area (Å²) in [6.45, 7) is 5.46. The van der Waals surface area contributed by atoms with Gasteiger partial charge in [0.05, 0.1) is 22.3 Å². The van der Waals surface area contributed by atoms with E-state index in [1.54, 1.807) is 40.9 Å². The lowest BCUT2D eigenvalue weighted by molar-refractivity contribution is -0.116. The van der Waals surface area contributed by atoms with E-state index in [-0.39, 0.29) is 17.5 Å². The number of anilines is 1. The molecular formula is C23H23FN4OS2. The number of carbonyl (C=O) groups is 1. The van der Waals surface area contributed by atoms with Crippen LogP contribution in [0.15, 0.2) is 60.0 Å². The smallest absolute Gasteiger partial charge is 0.239 e. The number of aryl methyl sites for hydroxylation is 3. The minimum absolute atomic E-state index is 0.00612. The fourth-order valence-electron chi connectivity index (χ4n) is 3.39. The number of thiazole rings is 1. The second-order valence-corrected chi connectivity index (χ2v) is 9.42. The summed E-state index contributed by atoms with van der Waals surface area (Å²) < 4.78 is 16.2. The van der Waals surface area contributed by atoms with E-state index in [1.807, 2.05) is 10.8 Å². The van der Waals surface area contributed by atoms with Crippen LogP contribution in [0.25, 0.3) is 10.2 Å². The first-order valence-electron chi connectivity index (χ1n) is 10.0. The molecule has 160 valence electrons. The van der Waals surface area contributed by atoms with Crippen molar-refractivity contribution in [1.29, 1.82) is 0 Å². The predicted molar refractivity (Wildman–Crippen MR) is 125 cm³/mol. The average Bonchev–Trinajstić information content (AvgIpc) is 3.40. The number of carbonyl (C=O) groups excluding carboxylic acids is 1. The molecule has 5 nitrogen and oxygen atoms in total. The van der Waals surface area contributed by atoms with Crippen LogP contribution in [-0.2, 0) is 11.3 Å². The maximum absolute atomic E-state index is 13.2. The van der Waals surface area contributed by atoms with Gasteiger partial charge in [-0.2, -0.15) is 0 Å². The summed E-state index contributed by atoms with van der Waals surface area (Å²) in [6.07, 6.45) is 6.24. The fraction of sp³-hybridized carbons (Fsp3) is 0.261. The largest absolute Gasteiger partial charge is 0.337 e. The minimum Gasteiger partial charge on any atom is -0.337 e. The summed E-state index contributed by atoms with van der Waals surface area (Å²) in [5.41, 5.74) is 3.25. The van der Waals surface area contributed by atoms with Crippen molar-refractivity contribution in [2.24, 2.45) is 0 Å². The second-order valence-electron chi connectivity index (χ2n) is 7.37. The topological polar surface area (TPSA) is 51.0 Å². The van der Waals surface area contributed by atoms with Crippen molar-refractivity contribution in [2.45, 2.75) is 31.7 Å². The molecule has 4 aromatic rings. The number of nitrogens with zero attached hydrogens (tertiary/aromatic N) is 4. The highest BCUT2D eigenvalue weighted by atomic mass is 32.2. The quantitative estimate of drug-likeness (QED) is 0.332. The predicted octanol–water partition coefficient (Wildman–Crippen LogP) is 5.46. The zero-order valence-electron chi connectivity index (χ0n) is 17.4. The molecular weight excluding hydrogens is 431 g/mol. The Morgan fingerprint density at radius 1 is 1.23 bits per heavy atom. The number of halogens is 1. The molecule has 0 N–H and O–H groups in total. The number of amides is 1. The van der Waals surface area contributed by atoms with Crippen LogP contribution in [0, 0.1) is 19.7 Å². The van der Waals surface area contributed by atoms with Crippen molar-refractivity contribution in [3.63, 3.8) is 0 Å². The van der Waals surface area contributed by atoms with Crippen molar-refractivity contribution in [2.75, 3.05) is 17.2 Å². The van der Waals surface area contributed by atoms with Gasteiger partial charge in [-0.05, 0) is 61.7 Å². The number of imidazole rings is 1. The standard InChI is InChI=1S/C23H23FN4OS2/c1-16-12-17(2)22-20(13-16)31-23(26-22)28(10-3-9-27-11-8-25-15-27)21(29)14-30-19-6-4-18(24)5-7-19/h4-8,11-13,15H,3,9-10,14H2,1-2H3. The third kappa shape index (κ3) is 5.32. The van der Waals surface area contributed by atoms with Gasteiger partial charge in [0, 0.05) is 30.4 Å². The van der Waals surface area contributed by atoms with Crippen LogP contribution in [-0.4, -0.2) is 32.7 Å². The highest BCUT2D eigenvalue weighted by molar-refractivity contribution is 8.00. The first-order chi connectivity index (χ1) is 15.0. The van der Waals surface area contributed by atoms with Crippen LogP contribution in [0.2, 0.25) is 0 Å². The maximum atomic E-state index is 13.2. The van der Waals surface area contributed by atoms with Gasteiger partial charge in [-0.15, -0.1) is 11.8 Å². The number of aromatic nitrogens is 3. The van der Waals surface area contributed by atoms with Gasteiger partial charge in [0.1, 0.15) is 5.82 Å². The molecule has 0 aliphatic carbocycles. The van der Waals surface area contributed by atoms with E-state index in [2.05, 4.69) is 31.0 Å². The monoisotopic (exact) mass is 454 g/mol. The number of thioether (sulfide) groups is 1. The molecule has 2 aromatic carbocycles. The number of rotatable bonds is 8. The number of benzene rings is 2. The highest BCUT2D eigenvalue weighted by Gasteiger charge is 2.20. The Bertz CT molecular complexity index is 1170. The van der Waals surface area contributed by atoms with E-state index in [1.165, 1.54) is 29.5 Å². The Hall–Kier alpha value is -2.71. The van der Waals surface area contributed by atoms with E-state index >= 15 is 0 Å². The lowest BCUT2D eigenvalue weighted by Crippen LogP contribution is -2.33. The lowest BCUT2D eigenvalue weighted by atomic mass is 10.1. The Kier molecular flexibility index (Phi) is 6.67. The van der Waals surface area contributed by atoms with E-state index < -0.39 is 0 Å². The van der Waals surface area contributed by atoms with Crippen LogP contribution >= 0.6 is 23.1 Å². The Morgan fingerprint density at radius 2 is 2.03 bits per heavy atom. The Labute approximate surface area is 188 Å². The molecule has 2 heterocycles. The molecule has 0 saturated carbocycles. The molecule has 8 heteroatoms. The number of hydrogen-bond donors (Lipinski definition) is 0. The third-order valence-corrected chi connectivity index (χ3v) is 6.91. The van der Waals surface area contributed by atoms with Gasteiger partial charge in [-0.1, -0.05) is 17.4 Å². The second kappa shape index (κ2) is 9.62. The summed E-state index contributed by atoms with van der Waals surface area (Å²) in [5, 5.41) is 0.721. The molecule has 0 spiro atoms. The highest BCUT2D eigenvalue weighted by Crippen LogP contribution is 2.32. The first-order valence-corrected chi connectivity index (χ1v) is 11.8. The van der Waals surface area contributed by atoms with Gasteiger partial charge in [0.25, 0.3) is 0 Å². The molecule has 0 aliphatic heterocycles. The van der Waals surface area contributed by atoms with E-state index in [9.17, 15) is 9.18 Å². The first kappa shape index (κ1) is 21.5. The molecule has 0 unspecified atom stereocenters. The zero-order chi connectivity index (χ0) is 21.8. The van der Waals surface area contributed by atoms with Crippen molar-refractivity contribution >= 4 is 44.4 Å². The van der Waals surface area contributed by atoms with Gasteiger partial charge in [-0.3, -0.25) is 9.69 Å². The van der Waals surface area contributed by atoms with Crippen molar-refractivity contribution in [1.82, 2.24) is 14.5 Å². The maximum Gasteiger partial charge on any atom is 0.239 e. The number of fused-ring (bicyclic) bond motifs is 1. The summed E-state index contributed by atoms with van der Waals surface area (Å²) in [6, 6.07) is 10.4. The van der Waals surface area contributed by atoms with Gasteiger partial charge in [-0.25, -0.2) is 14.4 Å². The molecule has 0 aliphatic rings. The zero-order valence-corrected chi connectivity index (χ0v) is 19.0. The van der Waals surface area contributed by atoms with E-state index in [0.29, 0.717) is 6.54 Å². The Balaban J connectivity index is 1.53. The van der Waals surface area contributed by atoms with Crippen LogP contribution in [0.5, 0.6) is 0 Å². The van der Waals surface area contributed by atoms with E-state index in [4.69, 9.17) is 4.98 Å². The third-order valence-electron chi connectivity index (χ3n) is 4.88. The molecule has 1 amide bonds. The van der Waals surface area contributed by atoms with Gasteiger partial charge in [0.15, 0.2) is 5.13 Å². The van der Waals surface area contributed by atoms with Crippen molar-refractivity contribution < 1.29 is 9.18 Å². The van der Waals surface area contributed by atoms with E-state index in [0.717, 1.165) is 38.8 Å². The molecule has 0 saturated heterocycles. The van der Waals surface area contributed by atoms with Crippen molar-refractivity contribution in [3.05, 3.63) is 72.1 Å². The molecule has 4 rings (SSSR count). The van der Waals surface area contributed by atoms with Gasteiger partial charge < -0.3 is 4.57 Å². The summed E-state index contributed by atoms with van der Waals surface area (Å²) in [4.78, 5) is 24.7. The Morgan fingerprint density at radius 3 is 2.77 bits per heavy atom. The van der Waals surface area contributed by atoms with Crippen LogP contribution < -0.4 is 4.90 Å². The summed E-state index contributed by atoms with van der Waals surface area (Å²) >= 11 is 2.96. The summed E-state index contributed by atoms with van der Waals surface area (Å²) in [5.74, 6) is -0.0182. The van der Waals surface area contributed by atoms with Gasteiger partial charge >= 0.3 is 0 Å². The van der Waals surface area contributed by atoms with Crippen LogP contribution in [0.3, 0.4) is 0 Å². The fourth-order valence-corrected chi connectivity index (χ4v) is 5.35. The molecule has 0 atom stereocenters. The van der Waals surface area contributed by atoms with Crippen LogP contribution in [0.1, 0.15) is 17.5 Å². The normalized spacial score (nSPS) is 11.2. The summed E-state index contributed by atoms with van der Waals surface area (Å²) in [7, 11) is 0. The lowest BCUT2D eigenvalue weighted by Gasteiger charge is -2.20. The average molecular weight is 455 g/mol. The van der Waals surface area contributed by atoms with Crippen LogP contribution in [0.4, 0.5) is 9.52 Å². The molecule has 0 fully saturated rings.